The van der Waals surface area contributed by atoms with Gasteiger partial charge in [0.1, 0.15) is 24.3 Å². The normalized spacial score (nSPS) is 16.7. The van der Waals surface area contributed by atoms with Crippen LogP contribution in [0.25, 0.3) is 10.2 Å². The van der Waals surface area contributed by atoms with Crippen LogP contribution >= 0.6 is 11.3 Å². The van der Waals surface area contributed by atoms with E-state index < -0.39 is 6.10 Å². The van der Waals surface area contributed by atoms with Crippen LogP contribution < -0.4 is 9.64 Å². The Morgan fingerprint density at radius 1 is 1.27 bits per heavy atom. The van der Waals surface area contributed by atoms with E-state index in [-0.39, 0.29) is 12.4 Å². The highest BCUT2D eigenvalue weighted by Gasteiger charge is 2.25. The van der Waals surface area contributed by atoms with Crippen molar-refractivity contribution in [3.63, 3.8) is 0 Å². The van der Waals surface area contributed by atoms with Gasteiger partial charge in [0.25, 0.3) is 0 Å². The van der Waals surface area contributed by atoms with Crippen molar-refractivity contribution in [1.29, 1.82) is 0 Å². The highest BCUT2D eigenvalue weighted by atomic mass is 32.1. The molecule has 160 valence electrons. The Balaban J connectivity index is 1.25. The van der Waals surface area contributed by atoms with Gasteiger partial charge < -0.3 is 19.6 Å². The number of benzene rings is 2. The minimum atomic E-state index is -0.602. The molecule has 0 amide bonds. The Morgan fingerprint density at radius 2 is 2.07 bits per heavy atom. The predicted molar refractivity (Wildman–Crippen MR) is 120 cm³/mol. The van der Waals surface area contributed by atoms with E-state index in [9.17, 15) is 9.50 Å². The van der Waals surface area contributed by atoms with E-state index in [1.807, 2.05) is 0 Å². The molecule has 1 saturated heterocycles. The zero-order chi connectivity index (χ0) is 21.1. The van der Waals surface area contributed by atoms with Crippen molar-refractivity contribution in [3.8, 4) is 5.75 Å². The predicted octanol–water partition coefficient (Wildman–Crippen LogP) is 4.08. The first-order valence-electron chi connectivity index (χ1n) is 10.4. The van der Waals surface area contributed by atoms with Crippen molar-refractivity contribution < 1.29 is 14.2 Å². The lowest BCUT2D eigenvalue weighted by molar-refractivity contribution is 0.0594. The number of aliphatic hydroxyl groups excluding tert-OH is 1. The lowest BCUT2D eigenvalue weighted by Crippen LogP contribution is -2.46. The summed E-state index contributed by atoms with van der Waals surface area (Å²) in [5.41, 5.74) is 2.32. The molecule has 3 aromatic rings. The number of rotatable bonds is 7. The zero-order valence-corrected chi connectivity index (χ0v) is 18.2. The topological polar surface area (TPSA) is 48.8 Å². The lowest BCUT2D eigenvalue weighted by Gasteiger charge is -2.37. The molecule has 5 nitrogen and oxygen atoms in total. The number of ether oxygens (including phenoxy) is 1. The molecule has 1 N–H and O–H groups in total. The number of fused-ring (bicyclic) bond motifs is 1. The molecule has 0 spiro atoms. The Labute approximate surface area is 180 Å². The second-order valence-electron chi connectivity index (χ2n) is 8.03. The number of aromatic nitrogens is 1. The third-order valence-corrected chi connectivity index (χ3v) is 6.76. The smallest absolute Gasteiger partial charge is 0.186 e. The van der Waals surface area contributed by atoms with Crippen LogP contribution in [-0.4, -0.2) is 60.4 Å². The van der Waals surface area contributed by atoms with Crippen LogP contribution in [0.1, 0.15) is 18.4 Å². The zero-order valence-electron chi connectivity index (χ0n) is 17.4. The summed E-state index contributed by atoms with van der Waals surface area (Å²) in [4.78, 5) is 9.38. The molecule has 1 aromatic heterocycles. The van der Waals surface area contributed by atoms with Crippen LogP contribution in [0.3, 0.4) is 0 Å². The molecule has 0 radical (unpaired) electrons. The number of halogens is 1. The number of β-amino-alcohol motifs (C(OH)–C–C–N with tert-alkyl or cyclic N) is 1. The highest BCUT2D eigenvalue weighted by molar-refractivity contribution is 7.22. The summed E-state index contributed by atoms with van der Waals surface area (Å²) in [5, 5.41) is 11.4. The fraction of sp³-hybridized carbons (Fsp3) is 0.435. The second-order valence-corrected chi connectivity index (χ2v) is 9.04. The molecule has 1 atom stereocenters. The van der Waals surface area contributed by atoms with Gasteiger partial charge in [-0.25, -0.2) is 9.37 Å². The third kappa shape index (κ3) is 5.09. The van der Waals surface area contributed by atoms with Crippen LogP contribution in [0.15, 0.2) is 42.5 Å². The number of nitrogens with zero attached hydrogens (tertiary/aromatic N) is 3. The van der Waals surface area contributed by atoms with Gasteiger partial charge in [-0.15, -0.1) is 0 Å². The van der Waals surface area contributed by atoms with Crippen LogP contribution in [0.4, 0.5) is 9.52 Å². The van der Waals surface area contributed by atoms with Gasteiger partial charge in [0.05, 0.1) is 10.2 Å². The van der Waals surface area contributed by atoms with Crippen LogP contribution in [-0.2, 0) is 0 Å². The number of piperidine rings is 1. The fourth-order valence-corrected chi connectivity index (χ4v) is 5.01. The first-order chi connectivity index (χ1) is 14.5. The largest absolute Gasteiger partial charge is 0.491 e. The molecule has 1 aliphatic rings. The van der Waals surface area contributed by atoms with E-state index in [1.165, 1.54) is 22.4 Å². The average molecular weight is 430 g/mol. The maximum absolute atomic E-state index is 13.2. The molecule has 0 saturated carbocycles. The molecule has 30 heavy (non-hydrogen) atoms. The minimum Gasteiger partial charge on any atom is -0.491 e. The summed E-state index contributed by atoms with van der Waals surface area (Å²) in [6.07, 6.45) is 1.46. The maximum Gasteiger partial charge on any atom is 0.186 e. The van der Waals surface area contributed by atoms with Gasteiger partial charge >= 0.3 is 0 Å². The summed E-state index contributed by atoms with van der Waals surface area (Å²) in [5.74, 6) is 0.108. The monoisotopic (exact) mass is 429 g/mol. The van der Waals surface area contributed by atoms with Crippen LogP contribution in [0, 0.1) is 12.7 Å². The van der Waals surface area contributed by atoms with Gasteiger partial charge in [-0.1, -0.05) is 23.5 Å². The maximum atomic E-state index is 13.2. The van der Waals surface area contributed by atoms with E-state index >= 15 is 0 Å². The molecule has 2 heterocycles. The summed E-state index contributed by atoms with van der Waals surface area (Å²) >= 11 is 1.75. The average Bonchev–Trinajstić information content (AvgIpc) is 3.15. The second kappa shape index (κ2) is 9.29. The quantitative estimate of drug-likeness (QED) is 0.613. The first-order valence-corrected chi connectivity index (χ1v) is 11.2. The van der Waals surface area contributed by atoms with Gasteiger partial charge in [-0.3, -0.25) is 0 Å². The molecule has 1 aliphatic heterocycles. The summed E-state index contributed by atoms with van der Waals surface area (Å²) < 4.78 is 20.0. The molecule has 7 heteroatoms. The summed E-state index contributed by atoms with van der Waals surface area (Å²) in [6, 6.07) is 12.8. The van der Waals surface area contributed by atoms with E-state index in [0.717, 1.165) is 36.6 Å². The molecule has 0 bridgehead atoms. The van der Waals surface area contributed by atoms with E-state index in [4.69, 9.17) is 9.72 Å². The summed E-state index contributed by atoms with van der Waals surface area (Å²) in [6.45, 7) is 4.68. The SMILES string of the molecule is Cc1ccc2nc(N(C)C3CCN(CC(O)COc4cccc(F)c4)CC3)sc2c1. The number of likely N-dealkylation sites (tertiary alicyclic amines) is 1. The van der Waals surface area contributed by atoms with Crippen molar-refractivity contribution in [2.45, 2.75) is 31.9 Å². The number of hydrogen-bond donors (Lipinski definition) is 1. The molecule has 0 aliphatic carbocycles. The molecule has 1 unspecified atom stereocenters. The first kappa shape index (κ1) is 21.0. The van der Waals surface area contributed by atoms with E-state index in [2.05, 4.69) is 42.0 Å². The van der Waals surface area contributed by atoms with Crippen molar-refractivity contribution >= 4 is 26.7 Å². The third-order valence-electron chi connectivity index (χ3n) is 5.65. The lowest BCUT2D eigenvalue weighted by atomic mass is 10.0. The molecule has 4 rings (SSSR count). The van der Waals surface area contributed by atoms with Crippen molar-refractivity contribution in [3.05, 3.63) is 53.8 Å². The van der Waals surface area contributed by atoms with Gasteiger partial charge in [0.15, 0.2) is 5.13 Å². The highest BCUT2D eigenvalue weighted by Crippen LogP contribution is 2.31. The number of thiazole rings is 1. The van der Waals surface area contributed by atoms with Gasteiger partial charge in [0, 0.05) is 38.8 Å². The standard InChI is InChI=1S/C23H28FN3O2S/c1-16-6-7-21-22(12-16)30-23(25-21)26(2)18-8-10-27(11-9-18)14-19(28)15-29-20-5-3-4-17(24)13-20/h3-7,12-13,18-19,28H,8-11,14-15H2,1-2H3. The minimum absolute atomic E-state index is 0.161. The Hall–Kier alpha value is -2.22. The van der Waals surface area contributed by atoms with Gasteiger partial charge in [-0.05, 0) is 49.6 Å². The molecule has 2 aromatic carbocycles. The number of anilines is 1. The molecular weight excluding hydrogens is 401 g/mol. The Kier molecular flexibility index (Phi) is 6.51. The van der Waals surface area contributed by atoms with Crippen molar-refractivity contribution in [2.75, 3.05) is 38.2 Å². The van der Waals surface area contributed by atoms with Crippen molar-refractivity contribution in [2.24, 2.45) is 0 Å². The van der Waals surface area contributed by atoms with E-state index in [0.29, 0.717) is 18.3 Å². The van der Waals surface area contributed by atoms with Crippen LogP contribution in [0.5, 0.6) is 5.75 Å². The molecular formula is C23H28FN3O2S. The number of aliphatic hydroxyl groups is 1. The number of hydrogen-bond acceptors (Lipinski definition) is 6. The van der Waals surface area contributed by atoms with Crippen molar-refractivity contribution in [1.82, 2.24) is 9.88 Å². The van der Waals surface area contributed by atoms with Crippen LogP contribution in [0.2, 0.25) is 0 Å². The summed E-state index contributed by atoms with van der Waals surface area (Å²) in [7, 11) is 2.13. The van der Waals surface area contributed by atoms with Gasteiger partial charge in [-0.2, -0.15) is 0 Å². The fourth-order valence-electron chi connectivity index (χ4n) is 3.92. The number of aryl methyl sites for hydroxylation is 1. The molecule has 1 fully saturated rings. The Bertz CT molecular complexity index is 987. The Morgan fingerprint density at radius 3 is 2.83 bits per heavy atom. The van der Waals surface area contributed by atoms with Gasteiger partial charge in [0.2, 0.25) is 0 Å². The van der Waals surface area contributed by atoms with E-state index in [1.54, 1.807) is 23.5 Å².